The summed E-state index contributed by atoms with van der Waals surface area (Å²) in [6.45, 7) is 12.1. The molecule has 0 aliphatic carbocycles. The highest BCUT2D eigenvalue weighted by molar-refractivity contribution is 6.61. The molecule has 18 heteroatoms. The number of aromatic nitrogens is 6. The quantitative estimate of drug-likeness (QED) is 0.240. The number of anilines is 1. The van der Waals surface area contributed by atoms with Crippen molar-refractivity contribution in [3.8, 4) is 0 Å². The van der Waals surface area contributed by atoms with Crippen LogP contribution >= 0.6 is 11.6 Å². The van der Waals surface area contributed by atoms with Gasteiger partial charge in [0.1, 0.15) is 11.4 Å². The van der Waals surface area contributed by atoms with E-state index in [1.165, 1.54) is 0 Å². The van der Waals surface area contributed by atoms with Crippen molar-refractivity contribution in [3.05, 3.63) is 53.1 Å². The van der Waals surface area contributed by atoms with Gasteiger partial charge < -0.3 is 31.5 Å². The minimum Gasteiger partial charge on any atom is -0.372 e. The number of nitrogens with zero attached hydrogens (tertiary/aromatic N) is 9. The predicted molar refractivity (Wildman–Crippen MR) is 180 cm³/mol. The van der Waals surface area contributed by atoms with Crippen molar-refractivity contribution in [2.75, 3.05) is 83.8 Å². The van der Waals surface area contributed by atoms with Crippen LogP contribution < -0.4 is 4.90 Å². The first-order chi connectivity index (χ1) is 23.5. The highest BCUT2D eigenvalue weighted by Crippen LogP contribution is 2.25. The molecule has 6 fully saturated rings. The molecule has 3 aromatic rings. The zero-order valence-corrected chi connectivity index (χ0v) is 30.2. The van der Waals surface area contributed by atoms with Crippen LogP contribution in [0.3, 0.4) is 0 Å². The summed E-state index contributed by atoms with van der Waals surface area (Å²) in [7, 11) is -5.32. The van der Waals surface area contributed by atoms with Crippen LogP contribution in [0.4, 0.5) is 5.69 Å². The van der Waals surface area contributed by atoms with Crippen LogP contribution in [0.1, 0.15) is 24.2 Å². The zero-order chi connectivity index (χ0) is 32.7. The van der Waals surface area contributed by atoms with E-state index < -0.39 is 17.6 Å². The second kappa shape index (κ2) is 16.2. The van der Waals surface area contributed by atoms with Crippen molar-refractivity contribution in [1.29, 1.82) is 0 Å². The second-order valence-electron chi connectivity index (χ2n) is 12.6. The van der Waals surface area contributed by atoms with Gasteiger partial charge in [0.2, 0.25) is 0 Å². The Morgan fingerprint density at radius 1 is 0.604 bits per heavy atom. The van der Waals surface area contributed by atoms with E-state index in [0.29, 0.717) is 70.8 Å². The Kier molecular flexibility index (Phi) is 11.5. The Morgan fingerprint density at radius 2 is 1.00 bits per heavy atom. The van der Waals surface area contributed by atoms with Gasteiger partial charge in [0.05, 0.1) is 65.1 Å². The largest absolute Gasteiger partial charge is 0.501 e. The third-order valence-corrected chi connectivity index (χ3v) is 15.2. The van der Waals surface area contributed by atoms with Gasteiger partial charge in [0, 0.05) is 75.2 Å². The van der Waals surface area contributed by atoms with Gasteiger partial charge in [-0.2, -0.15) is 0 Å². The molecular weight excluding hydrogens is 674 g/mol. The van der Waals surface area contributed by atoms with Gasteiger partial charge in [0.25, 0.3) is 0 Å². The predicted octanol–water partition coefficient (Wildman–Crippen LogP) is 2.15. The first-order valence-electron chi connectivity index (χ1n) is 17.1. The molecule has 8 heterocycles. The number of hydrogen-bond donors (Lipinski definition) is 0. The summed E-state index contributed by atoms with van der Waals surface area (Å²) in [6, 6.07) is 9.35. The molecule has 6 aliphatic heterocycles. The lowest BCUT2D eigenvalue weighted by Crippen LogP contribution is -2.55. The Balaban J connectivity index is 0.940. The van der Waals surface area contributed by atoms with Crippen LogP contribution in [0.2, 0.25) is 17.1 Å². The summed E-state index contributed by atoms with van der Waals surface area (Å²) in [5.74, 6) is 0. The van der Waals surface area contributed by atoms with Crippen LogP contribution in [-0.4, -0.2) is 136 Å². The van der Waals surface area contributed by atoms with Crippen molar-refractivity contribution in [3.63, 3.8) is 0 Å². The minimum atomic E-state index is -2.66. The number of hydrogen-bond acceptors (Lipinski definition) is 13. The molecule has 1 aromatic carbocycles. The Labute approximate surface area is 288 Å². The molecule has 48 heavy (non-hydrogen) atoms. The van der Waals surface area contributed by atoms with Crippen molar-refractivity contribution >= 4 is 34.9 Å². The van der Waals surface area contributed by atoms with Crippen LogP contribution in [0, 0.1) is 0 Å². The molecule has 0 atom stereocenters. The molecule has 2 aromatic heterocycles. The van der Waals surface area contributed by atoms with Crippen molar-refractivity contribution < 1.29 is 26.6 Å². The molecule has 15 nitrogen and oxygen atoms in total. The standard InChI is InChI=1S/C30H46ClN9O6Si2/c31-27-3-5-30(6-4-27)38(23-28-25-39(34-32-28)7-1-21-47-41-15-9-36(10-16-42-47)11-17-43-47)24-29-26-40(35-33-29)8-2-22-48-44-18-12-37(13-19-45-48)14-20-46-48/h3-6,25-26H,1-2,7-24H2. The lowest BCUT2D eigenvalue weighted by Gasteiger charge is -2.38. The number of aryl methyl sites for hydroxylation is 2. The van der Waals surface area contributed by atoms with E-state index in [9.17, 15) is 0 Å². The molecule has 6 aliphatic rings. The van der Waals surface area contributed by atoms with Crippen molar-refractivity contribution in [2.24, 2.45) is 0 Å². The number of benzene rings is 1. The third kappa shape index (κ3) is 9.08. The summed E-state index contributed by atoms with van der Waals surface area (Å²) in [5.41, 5.74) is 2.73. The average molecular weight is 720 g/mol. The van der Waals surface area contributed by atoms with E-state index in [1.54, 1.807) is 0 Å². The van der Waals surface area contributed by atoms with E-state index >= 15 is 0 Å². The van der Waals surface area contributed by atoms with Gasteiger partial charge in [0.15, 0.2) is 0 Å². The fourth-order valence-electron chi connectivity index (χ4n) is 6.57. The van der Waals surface area contributed by atoms with Gasteiger partial charge in [-0.3, -0.25) is 19.2 Å². The first kappa shape index (κ1) is 34.2. The van der Waals surface area contributed by atoms with Gasteiger partial charge in [-0.25, -0.2) is 0 Å². The van der Waals surface area contributed by atoms with E-state index in [0.717, 1.165) is 81.3 Å². The summed E-state index contributed by atoms with van der Waals surface area (Å²) < 4.78 is 40.9. The van der Waals surface area contributed by atoms with E-state index in [2.05, 4.69) is 35.3 Å². The van der Waals surface area contributed by atoms with Gasteiger partial charge in [-0.15, -0.1) is 10.2 Å². The van der Waals surface area contributed by atoms with Crippen LogP contribution in [0.15, 0.2) is 36.7 Å². The maximum Gasteiger partial charge on any atom is 0.501 e. The number of rotatable bonds is 13. The first-order valence-corrected chi connectivity index (χ1v) is 21.3. The lowest BCUT2D eigenvalue weighted by molar-refractivity contribution is -0.00919. The lowest BCUT2D eigenvalue weighted by atomic mass is 10.2. The summed E-state index contributed by atoms with van der Waals surface area (Å²) in [6.07, 6.45) is 5.70. The smallest absolute Gasteiger partial charge is 0.372 e. The number of fused-ring (bicyclic) bond motifs is 12. The van der Waals surface area contributed by atoms with Gasteiger partial charge >= 0.3 is 17.6 Å². The molecule has 0 N–H and O–H groups in total. The second-order valence-corrected chi connectivity index (χ2v) is 18.5. The van der Waals surface area contributed by atoms with Crippen LogP contribution in [-0.2, 0) is 52.7 Å². The van der Waals surface area contributed by atoms with Gasteiger partial charge in [-0.05, 0) is 37.1 Å². The summed E-state index contributed by atoms with van der Waals surface area (Å²) in [5, 5.41) is 18.5. The highest BCUT2D eigenvalue weighted by atomic mass is 35.5. The summed E-state index contributed by atoms with van der Waals surface area (Å²) >= 11 is 6.23. The maximum atomic E-state index is 6.23. The molecule has 0 saturated carbocycles. The van der Waals surface area contributed by atoms with Gasteiger partial charge in [-0.1, -0.05) is 22.0 Å². The molecule has 262 valence electrons. The topological polar surface area (TPSA) is 127 Å². The average Bonchev–Trinajstić information content (AvgIpc) is 3.67. The Morgan fingerprint density at radius 3 is 1.40 bits per heavy atom. The molecule has 0 amide bonds. The molecular formula is C30H46ClN9O6Si2. The van der Waals surface area contributed by atoms with Crippen molar-refractivity contribution in [1.82, 2.24) is 39.8 Å². The Hall–Kier alpha value is -2.30. The highest BCUT2D eigenvalue weighted by Gasteiger charge is 2.44. The van der Waals surface area contributed by atoms with E-state index in [4.69, 9.17) is 38.2 Å². The fourth-order valence-corrected chi connectivity index (χ4v) is 11.7. The molecule has 0 spiro atoms. The summed E-state index contributed by atoms with van der Waals surface area (Å²) in [4.78, 5) is 6.87. The number of halogens is 1. The molecule has 0 radical (unpaired) electrons. The van der Waals surface area contributed by atoms with E-state index in [-0.39, 0.29) is 0 Å². The SMILES string of the molecule is Clc1ccc(N(Cc2cn(CCC[Si]34OCCN(CCO3)CCO4)nn2)Cc2cn(CCC[Si]34OCCN(CCO3)CCO4)nn2)cc1. The van der Waals surface area contributed by atoms with Crippen LogP contribution in [0.5, 0.6) is 0 Å². The third-order valence-electron chi connectivity index (χ3n) is 9.19. The molecule has 6 saturated heterocycles. The zero-order valence-electron chi connectivity index (χ0n) is 27.5. The molecule has 4 bridgehead atoms. The van der Waals surface area contributed by atoms with Crippen LogP contribution in [0.25, 0.3) is 0 Å². The molecule has 9 rings (SSSR count). The monoisotopic (exact) mass is 719 g/mol. The Bertz CT molecular complexity index is 1310. The maximum absolute atomic E-state index is 6.23. The minimum absolute atomic E-state index is 0.552. The fraction of sp³-hybridized carbons (Fsp3) is 0.667. The normalized spacial score (nSPS) is 27.9. The van der Waals surface area contributed by atoms with Crippen molar-refractivity contribution in [2.45, 2.75) is 51.1 Å². The molecule has 0 unspecified atom stereocenters. The van der Waals surface area contributed by atoms with E-state index in [1.807, 2.05) is 46.0 Å².